The van der Waals surface area contributed by atoms with Crippen LogP contribution in [0, 0.1) is 13.8 Å². The number of carboxylic acids is 1. The van der Waals surface area contributed by atoms with Gasteiger partial charge >= 0.3 is 5.97 Å². The van der Waals surface area contributed by atoms with E-state index < -0.39 is 5.97 Å². The van der Waals surface area contributed by atoms with Gasteiger partial charge in [0, 0.05) is 12.6 Å². The predicted octanol–water partition coefficient (Wildman–Crippen LogP) is 3.85. The standard InChI is InChI=1S/C18H21NO2/c1-12-7-8-16(9-13(12)2)14(3)19-11-15-5-4-6-17(10-15)18(20)21/h4-10,14,19H,11H2,1-3H3,(H,20,21). The van der Waals surface area contributed by atoms with Gasteiger partial charge in [-0.25, -0.2) is 4.79 Å². The maximum atomic E-state index is 11.0. The van der Waals surface area contributed by atoms with Crippen molar-refractivity contribution in [2.45, 2.75) is 33.4 Å². The van der Waals surface area contributed by atoms with Crippen LogP contribution in [0.15, 0.2) is 42.5 Å². The summed E-state index contributed by atoms with van der Waals surface area (Å²) in [6.07, 6.45) is 0. The summed E-state index contributed by atoms with van der Waals surface area (Å²) in [6, 6.07) is 13.7. The molecular weight excluding hydrogens is 262 g/mol. The predicted molar refractivity (Wildman–Crippen MR) is 84.6 cm³/mol. The first kappa shape index (κ1) is 15.3. The molecular formula is C18H21NO2. The van der Waals surface area contributed by atoms with E-state index in [4.69, 9.17) is 5.11 Å². The van der Waals surface area contributed by atoms with Crippen LogP contribution in [-0.4, -0.2) is 11.1 Å². The van der Waals surface area contributed by atoms with Gasteiger partial charge in [0.2, 0.25) is 0 Å². The first-order valence-electron chi connectivity index (χ1n) is 7.10. The van der Waals surface area contributed by atoms with Crippen LogP contribution in [0.2, 0.25) is 0 Å². The third kappa shape index (κ3) is 3.92. The van der Waals surface area contributed by atoms with Crippen LogP contribution in [0.4, 0.5) is 0 Å². The summed E-state index contributed by atoms with van der Waals surface area (Å²) in [6.45, 7) is 6.98. The summed E-state index contributed by atoms with van der Waals surface area (Å²) >= 11 is 0. The van der Waals surface area contributed by atoms with Crippen LogP contribution in [0.1, 0.15) is 45.6 Å². The smallest absolute Gasteiger partial charge is 0.335 e. The van der Waals surface area contributed by atoms with Gasteiger partial charge in [0.05, 0.1) is 5.56 Å². The highest BCUT2D eigenvalue weighted by atomic mass is 16.4. The fourth-order valence-electron chi connectivity index (χ4n) is 2.24. The molecule has 2 N–H and O–H groups in total. The second kappa shape index (κ2) is 6.55. The van der Waals surface area contributed by atoms with Gasteiger partial charge in [-0.2, -0.15) is 0 Å². The minimum Gasteiger partial charge on any atom is -0.478 e. The molecule has 0 fully saturated rings. The number of rotatable bonds is 5. The van der Waals surface area contributed by atoms with Gasteiger partial charge in [0.1, 0.15) is 0 Å². The molecule has 1 unspecified atom stereocenters. The van der Waals surface area contributed by atoms with Crippen LogP contribution in [0.25, 0.3) is 0 Å². The summed E-state index contributed by atoms with van der Waals surface area (Å²) in [7, 11) is 0. The lowest BCUT2D eigenvalue weighted by molar-refractivity contribution is 0.0696. The van der Waals surface area contributed by atoms with E-state index in [0.717, 1.165) is 5.56 Å². The zero-order valence-electron chi connectivity index (χ0n) is 12.7. The van der Waals surface area contributed by atoms with E-state index in [-0.39, 0.29) is 6.04 Å². The highest BCUT2D eigenvalue weighted by molar-refractivity contribution is 5.87. The van der Waals surface area contributed by atoms with Crippen LogP contribution in [-0.2, 0) is 6.54 Å². The topological polar surface area (TPSA) is 49.3 Å². The van der Waals surface area contributed by atoms with Gasteiger partial charge in [0.25, 0.3) is 0 Å². The molecule has 2 rings (SSSR count). The molecule has 0 heterocycles. The number of carbonyl (C=O) groups is 1. The summed E-state index contributed by atoms with van der Waals surface area (Å²) < 4.78 is 0. The average molecular weight is 283 g/mol. The molecule has 0 saturated heterocycles. The summed E-state index contributed by atoms with van der Waals surface area (Å²) in [5.41, 5.74) is 5.13. The lowest BCUT2D eigenvalue weighted by Crippen LogP contribution is -2.18. The molecule has 0 aliphatic heterocycles. The molecule has 0 bridgehead atoms. The van der Waals surface area contributed by atoms with Gasteiger partial charge in [-0.1, -0.05) is 30.3 Å². The van der Waals surface area contributed by atoms with E-state index in [0.29, 0.717) is 12.1 Å². The Morgan fingerprint density at radius 1 is 1.14 bits per heavy atom. The van der Waals surface area contributed by atoms with Gasteiger partial charge in [-0.05, 0) is 55.2 Å². The Bertz CT molecular complexity index is 649. The molecule has 0 aromatic heterocycles. The number of aromatic carboxylic acids is 1. The number of hydrogen-bond acceptors (Lipinski definition) is 2. The lowest BCUT2D eigenvalue weighted by Gasteiger charge is -2.16. The van der Waals surface area contributed by atoms with E-state index >= 15 is 0 Å². The number of benzene rings is 2. The third-order valence-electron chi connectivity index (χ3n) is 3.82. The lowest BCUT2D eigenvalue weighted by atomic mass is 10.0. The summed E-state index contributed by atoms with van der Waals surface area (Å²) in [5.74, 6) is -0.890. The summed E-state index contributed by atoms with van der Waals surface area (Å²) in [4.78, 5) is 11.0. The average Bonchev–Trinajstić information content (AvgIpc) is 2.48. The fourth-order valence-corrected chi connectivity index (χ4v) is 2.24. The molecule has 0 saturated carbocycles. The van der Waals surface area contributed by atoms with E-state index in [1.54, 1.807) is 18.2 Å². The second-order valence-electron chi connectivity index (χ2n) is 5.45. The third-order valence-corrected chi connectivity index (χ3v) is 3.82. The minimum absolute atomic E-state index is 0.220. The Balaban J connectivity index is 2.03. The van der Waals surface area contributed by atoms with Gasteiger partial charge in [0.15, 0.2) is 0 Å². The van der Waals surface area contributed by atoms with Gasteiger partial charge < -0.3 is 10.4 Å². The van der Waals surface area contributed by atoms with Crippen LogP contribution < -0.4 is 5.32 Å². The number of hydrogen-bond donors (Lipinski definition) is 2. The maximum Gasteiger partial charge on any atom is 0.335 e. The molecule has 1 atom stereocenters. The van der Waals surface area contributed by atoms with Crippen molar-refractivity contribution in [1.29, 1.82) is 0 Å². The van der Waals surface area contributed by atoms with Crippen LogP contribution >= 0.6 is 0 Å². The Kier molecular flexibility index (Phi) is 4.76. The molecule has 0 radical (unpaired) electrons. The molecule has 0 amide bonds. The molecule has 2 aromatic rings. The molecule has 0 spiro atoms. The zero-order chi connectivity index (χ0) is 15.4. The Hall–Kier alpha value is -2.13. The van der Waals surface area contributed by atoms with Gasteiger partial charge in [-0.15, -0.1) is 0 Å². The minimum atomic E-state index is -0.890. The van der Waals surface area contributed by atoms with E-state index in [2.05, 4.69) is 44.3 Å². The Morgan fingerprint density at radius 2 is 1.90 bits per heavy atom. The highest BCUT2D eigenvalue weighted by Gasteiger charge is 2.07. The number of aryl methyl sites for hydroxylation is 2. The van der Waals surface area contributed by atoms with E-state index in [9.17, 15) is 4.79 Å². The van der Waals surface area contributed by atoms with E-state index in [1.807, 2.05) is 6.07 Å². The van der Waals surface area contributed by atoms with Crippen molar-refractivity contribution in [3.05, 3.63) is 70.3 Å². The first-order chi connectivity index (χ1) is 9.97. The van der Waals surface area contributed by atoms with Crippen molar-refractivity contribution < 1.29 is 9.90 Å². The zero-order valence-corrected chi connectivity index (χ0v) is 12.7. The van der Waals surface area contributed by atoms with Crippen molar-refractivity contribution in [3.63, 3.8) is 0 Å². The van der Waals surface area contributed by atoms with Crippen molar-refractivity contribution in [2.24, 2.45) is 0 Å². The molecule has 0 aliphatic carbocycles. The Labute approximate surface area is 125 Å². The van der Waals surface area contributed by atoms with Crippen molar-refractivity contribution in [3.8, 4) is 0 Å². The highest BCUT2D eigenvalue weighted by Crippen LogP contribution is 2.17. The number of carboxylic acid groups (broad SMARTS) is 1. The molecule has 3 heteroatoms. The SMILES string of the molecule is Cc1ccc(C(C)NCc2cccc(C(=O)O)c2)cc1C. The van der Waals surface area contributed by atoms with Crippen molar-refractivity contribution >= 4 is 5.97 Å². The van der Waals surface area contributed by atoms with Crippen molar-refractivity contribution in [1.82, 2.24) is 5.32 Å². The normalized spacial score (nSPS) is 12.1. The number of nitrogens with one attached hydrogen (secondary N) is 1. The molecule has 21 heavy (non-hydrogen) atoms. The van der Waals surface area contributed by atoms with Crippen LogP contribution in [0.3, 0.4) is 0 Å². The largest absolute Gasteiger partial charge is 0.478 e. The van der Waals surface area contributed by atoms with Crippen molar-refractivity contribution in [2.75, 3.05) is 0 Å². The van der Waals surface area contributed by atoms with Crippen LogP contribution in [0.5, 0.6) is 0 Å². The molecule has 110 valence electrons. The molecule has 3 nitrogen and oxygen atoms in total. The fraction of sp³-hybridized carbons (Fsp3) is 0.278. The van der Waals surface area contributed by atoms with Gasteiger partial charge in [-0.3, -0.25) is 0 Å². The molecule has 0 aliphatic rings. The monoisotopic (exact) mass is 283 g/mol. The maximum absolute atomic E-state index is 11.0. The second-order valence-corrected chi connectivity index (χ2v) is 5.45. The Morgan fingerprint density at radius 3 is 2.57 bits per heavy atom. The first-order valence-corrected chi connectivity index (χ1v) is 7.10. The summed E-state index contributed by atoms with van der Waals surface area (Å²) in [5, 5.41) is 12.4. The quantitative estimate of drug-likeness (QED) is 0.876. The van der Waals surface area contributed by atoms with E-state index in [1.165, 1.54) is 16.7 Å². The molecule has 2 aromatic carbocycles.